The molecule has 1 fully saturated rings. The van der Waals surface area contributed by atoms with Crippen molar-refractivity contribution >= 4 is 45.3 Å². The SMILES string of the molecule is O=C(NC1CCN(CCc2ccncc2)CC1)Oc1n[nH]c(NC(=O)c2ccccc2Cl)c1Br. The summed E-state index contributed by atoms with van der Waals surface area (Å²) >= 11 is 9.38. The Morgan fingerprint density at radius 3 is 2.65 bits per heavy atom. The van der Waals surface area contributed by atoms with Gasteiger partial charge in [-0.05, 0) is 65.0 Å². The van der Waals surface area contributed by atoms with Gasteiger partial charge in [-0.25, -0.2) is 4.79 Å². The van der Waals surface area contributed by atoms with Gasteiger partial charge in [-0.15, -0.1) is 5.10 Å². The van der Waals surface area contributed by atoms with E-state index >= 15 is 0 Å². The molecule has 3 N–H and O–H groups in total. The van der Waals surface area contributed by atoms with Crippen LogP contribution in [-0.4, -0.2) is 57.8 Å². The van der Waals surface area contributed by atoms with Crippen molar-refractivity contribution in [3.63, 3.8) is 0 Å². The van der Waals surface area contributed by atoms with Crippen LogP contribution in [0.2, 0.25) is 5.02 Å². The number of aromatic nitrogens is 3. The van der Waals surface area contributed by atoms with Crippen molar-refractivity contribution in [2.24, 2.45) is 0 Å². The number of hydrogen-bond acceptors (Lipinski definition) is 6. The zero-order valence-corrected chi connectivity index (χ0v) is 20.6. The van der Waals surface area contributed by atoms with E-state index in [2.05, 4.69) is 46.6 Å². The maximum atomic E-state index is 12.4. The number of amides is 2. The van der Waals surface area contributed by atoms with Crippen molar-refractivity contribution in [2.75, 3.05) is 25.0 Å². The normalized spacial score (nSPS) is 14.5. The van der Waals surface area contributed by atoms with Gasteiger partial charge >= 0.3 is 6.09 Å². The second-order valence-electron chi connectivity index (χ2n) is 7.91. The molecule has 2 amide bonds. The van der Waals surface area contributed by atoms with Gasteiger partial charge in [0.05, 0.1) is 10.6 Å². The van der Waals surface area contributed by atoms with Crippen LogP contribution in [0.15, 0.2) is 53.3 Å². The Bertz CT molecular complexity index is 1130. The second kappa shape index (κ2) is 11.5. The zero-order valence-electron chi connectivity index (χ0n) is 18.3. The Hall–Kier alpha value is -2.95. The number of rotatable bonds is 7. The number of hydrogen-bond donors (Lipinski definition) is 3. The van der Waals surface area contributed by atoms with Crippen LogP contribution < -0.4 is 15.4 Å². The topological polar surface area (TPSA) is 112 Å². The van der Waals surface area contributed by atoms with Gasteiger partial charge in [-0.3, -0.25) is 14.9 Å². The number of nitrogens with zero attached hydrogens (tertiary/aromatic N) is 3. The summed E-state index contributed by atoms with van der Waals surface area (Å²) in [4.78, 5) is 31.3. The van der Waals surface area contributed by atoms with E-state index in [4.69, 9.17) is 16.3 Å². The molecular weight excluding hydrogens is 524 g/mol. The van der Waals surface area contributed by atoms with Crippen molar-refractivity contribution in [3.05, 3.63) is 69.4 Å². The molecule has 3 aromatic rings. The van der Waals surface area contributed by atoms with Crippen LogP contribution in [-0.2, 0) is 6.42 Å². The standard InChI is InChI=1S/C23H24BrClN6O3/c24-19-20(28-21(32)17-3-1-2-4-18(17)25)29-30-22(19)34-23(33)27-16-8-13-31(14-9-16)12-7-15-5-10-26-11-6-15/h1-6,10-11,16H,7-9,12-14H2,(H,27,33)(H2,28,29,30,32). The Morgan fingerprint density at radius 1 is 1.18 bits per heavy atom. The van der Waals surface area contributed by atoms with E-state index in [9.17, 15) is 9.59 Å². The maximum Gasteiger partial charge on any atom is 0.414 e. The van der Waals surface area contributed by atoms with Gasteiger partial charge in [-0.2, -0.15) is 0 Å². The van der Waals surface area contributed by atoms with Crippen LogP contribution in [0.3, 0.4) is 0 Å². The molecule has 0 atom stereocenters. The smallest absolute Gasteiger partial charge is 0.388 e. The number of anilines is 1. The Balaban J connectivity index is 1.23. The van der Waals surface area contributed by atoms with Crippen molar-refractivity contribution in [2.45, 2.75) is 25.3 Å². The molecule has 3 heterocycles. The maximum absolute atomic E-state index is 12.4. The Morgan fingerprint density at radius 2 is 1.91 bits per heavy atom. The van der Waals surface area contributed by atoms with Gasteiger partial charge < -0.3 is 20.3 Å². The van der Waals surface area contributed by atoms with Crippen LogP contribution in [0.4, 0.5) is 10.6 Å². The number of nitrogens with one attached hydrogen (secondary N) is 3. The third kappa shape index (κ3) is 6.34. The minimum absolute atomic E-state index is 0.0294. The van der Waals surface area contributed by atoms with E-state index in [0.717, 1.165) is 38.9 Å². The summed E-state index contributed by atoms with van der Waals surface area (Å²) in [5, 5.41) is 12.5. The van der Waals surface area contributed by atoms with Gasteiger partial charge in [0.1, 0.15) is 10.3 Å². The molecule has 9 nitrogen and oxygen atoms in total. The van der Waals surface area contributed by atoms with Crippen molar-refractivity contribution in [1.82, 2.24) is 25.4 Å². The quantitative estimate of drug-likeness (QED) is 0.407. The summed E-state index contributed by atoms with van der Waals surface area (Å²) < 4.78 is 5.66. The average molecular weight is 548 g/mol. The molecule has 11 heteroatoms. The first kappa shape index (κ1) is 24.2. The van der Waals surface area contributed by atoms with Crippen LogP contribution in [0, 0.1) is 0 Å². The Labute approximate surface area is 210 Å². The average Bonchev–Trinajstić information content (AvgIpc) is 3.18. The monoisotopic (exact) mass is 546 g/mol. The summed E-state index contributed by atoms with van der Waals surface area (Å²) in [7, 11) is 0. The molecule has 34 heavy (non-hydrogen) atoms. The lowest BCUT2D eigenvalue weighted by Crippen LogP contribution is -2.45. The summed E-state index contributed by atoms with van der Waals surface area (Å²) in [5.74, 6) is -0.126. The summed E-state index contributed by atoms with van der Waals surface area (Å²) in [6.07, 6.45) is 5.69. The first-order valence-corrected chi connectivity index (χ1v) is 12.1. The first-order chi connectivity index (χ1) is 16.5. The predicted octanol–water partition coefficient (Wildman–Crippen LogP) is 4.27. The number of carbonyl (C=O) groups excluding carboxylic acids is 2. The van der Waals surface area contributed by atoms with Gasteiger partial charge in [0.15, 0.2) is 0 Å². The highest BCUT2D eigenvalue weighted by Gasteiger charge is 2.23. The summed E-state index contributed by atoms with van der Waals surface area (Å²) in [6.45, 7) is 2.78. The predicted molar refractivity (Wildman–Crippen MR) is 132 cm³/mol. The third-order valence-electron chi connectivity index (χ3n) is 5.60. The number of ether oxygens (including phenoxy) is 1. The molecule has 0 spiro atoms. The number of carbonyl (C=O) groups is 2. The van der Waals surface area contributed by atoms with Crippen molar-refractivity contribution in [3.8, 4) is 5.88 Å². The number of aromatic amines is 1. The number of likely N-dealkylation sites (tertiary alicyclic amines) is 1. The Kier molecular flexibility index (Phi) is 8.15. The lowest BCUT2D eigenvalue weighted by Gasteiger charge is -2.32. The van der Waals surface area contributed by atoms with Crippen molar-refractivity contribution < 1.29 is 14.3 Å². The fourth-order valence-electron chi connectivity index (χ4n) is 3.71. The number of piperidine rings is 1. The van der Waals surface area contributed by atoms with Gasteiger partial charge in [0, 0.05) is 38.1 Å². The number of benzene rings is 1. The summed E-state index contributed by atoms with van der Waals surface area (Å²) in [5.41, 5.74) is 1.59. The minimum atomic E-state index is -0.591. The van der Waals surface area contributed by atoms with E-state index in [1.807, 2.05) is 24.5 Å². The van der Waals surface area contributed by atoms with E-state index in [0.29, 0.717) is 15.1 Å². The second-order valence-corrected chi connectivity index (χ2v) is 9.11. The molecule has 1 aliphatic heterocycles. The van der Waals surface area contributed by atoms with E-state index in [-0.39, 0.29) is 17.7 Å². The van der Waals surface area contributed by atoms with E-state index < -0.39 is 12.0 Å². The molecule has 0 radical (unpaired) electrons. The zero-order chi connectivity index (χ0) is 23.9. The third-order valence-corrected chi connectivity index (χ3v) is 6.66. The summed E-state index contributed by atoms with van der Waals surface area (Å²) in [6, 6.07) is 10.8. The van der Waals surface area contributed by atoms with Crippen LogP contribution in [0.5, 0.6) is 5.88 Å². The van der Waals surface area contributed by atoms with Crippen molar-refractivity contribution in [1.29, 1.82) is 0 Å². The van der Waals surface area contributed by atoms with Crippen LogP contribution in [0.25, 0.3) is 0 Å². The molecule has 2 aromatic heterocycles. The highest BCUT2D eigenvalue weighted by atomic mass is 79.9. The molecule has 0 bridgehead atoms. The van der Waals surface area contributed by atoms with Gasteiger partial charge in [0.25, 0.3) is 11.8 Å². The molecular formula is C23H24BrClN6O3. The molecule has 0 unspecified atom stereocenters. The van der Waals surface area contributed by atoms with Crippen LogP contribution in [0.1, 0.15) is 28.8 Å². The first-order valence-electron chi connectivity index (χ1n) is 10.9. The molecule has 0 saturated carbocycles. The number of H-pyrrole nitrogens is 1. The highest BCUT2D eigenvalue weighted by Crippen LogP contribution is 2.30. The lowest BCUT2D eigenvalue weighted by atomic mass is 10.0. The van der Waals surface area contributed by atoms with Gasteiger partial charge in [0.2, 0.25) is 0 Å². The van der Waals surface area contributed by atoms with Gasteiger partial charge in [-0.1, -0.05) is 23.7 Å². The molecule has 1 aliphatic rings. The lowest BCUT2D eigenvalue weighted by molar-refractivity contribution is 0.102. The molecule has 1 saturated heterocycles. The largest absolute Gasteiger partial charge is 0.414 e. The van der Waals surface area contributed by atoms with E-state index in [1.165, 1.54) is 5.56 Å². The number of pyridine rings is 1. The number of halogens is 2. The molecule has 178 valence electrons. The highest BCUT2D eigenvalue weighted by molar-refractivity contribution is 9.10. The van der Waals surface area contributed by atoms with E-state index in [1.54, 1.807) is 24.3 Å². The molecule has 0 aliphatic carbocycles. The van der Waals surface area contributed by atoms with Crippen LogP contribution >= 0.6 is 27.5 Å². The fraction of sp³-hybridized carbons (Fsp3) is 0.304. The minimum Gasteiger partial charge on any atom is -0.388 e. The fourth-order valence-corrected chi connectivity index (χ4v) is 4.29. The molecule has 1 aromatic carbocycles. The molecule has 4 rings (SSSR count).